The zero-order chi connectivity index (χ0) is 15.4. The van der Waals surface area contributed by atoms with Crippen molar-refractivity contribution >= 4 is 23.9 Å². The number of carboxylic acid groups (broad SMARTS) is 1. The van der Waals surface area contributed by atoms with Crippen LogP contribution in [0.25, 0.3) is 0 Å². The minimum Gasteiger partial charge on any atom is -0.481 e. The van der Waals surface area contributed by atoms with Crippen LogP contribution >= 0.6 is 0 Å². The monoisotopic (exact) mass is 278 g/mol. The highest BCUT2D eigenvalue weighted by atomic mass is 16.6. The van der Waals surface area contributed by atoms with Gasteiger partial charge < -0.3 is 19.3 Å². The van der Waals surface area contributed by atoms with E-state index in [1.165, 1.54) is 6.92 Å². The maximum atomic E-state index is 10.8. The molecule has 1 N–H and O–H groups in total. The molecule has 0 bridgehead atoms. The third kappa shape index (κ3) is 13.8. The second-order valence-electron chi connectivity index (χ2n) is 3.14. The van der Waals surface area contributed by atoms with Crippen molar-refractivity contribution < 1.29 is 38.5 Å². The van der Waals surface area contributed by atoms with E-state index in [0.717, 1.165) is 14.0 Å². The topological polar surface area (TPSA) is 116 Å². The molecule has 8 nitrogen and oxygen atoms in total. The van der Waals surface area contributed by atoms with Gasteiger partial charge in [0.1, 0.15) is 0 Å². The molecule has 0 saturated heterocycles. The summed E-state index contributed by atoms with van der Waals surface area (Å²) in [7, 11) is 1.08. The lowest BCUT2D eigenvalue weighted by Crippen LogP contribution is -2.30. The molecule has 1 atom stereocenters. The molecule has 0 amide bonds. The number of carbonyl (C=O) groups is 4. The van der Waals surface area contributed by atoms with E-state index in [2.05, 4.69) is 14.2 Å². The third-order valence-corrected chi connectivity index (χ3v) is 1.48. The van der Waals surface area contributed by atoms with Gasteiger partial charge in [0.25, 0.3) is 0 Å². The summed E-state index contributed by atoms with van der Waals surface area (Å²) in [5.41, 5.74) is 0. The zero-order valence-corrected chi connectivity index (χ0v) is 11.3. The lowest BCUT2D eigenvalue weighted by Gasteiger charge is -2.11. The fourth-order valence-electron chi connectivity index (χ4n) is 0.867. The van der Waals surface area contributed by atoms with Crippen molar-refractivity contribution in [3.63, 3.8) is 0 Å². The molecule has 0 fully saturated rings. The van der Waals surface area contributed by atoms with Crippen molar-refractivity contribution in [1.82, 2.24) is 0 Å². The van der Waals surface area contributed by atoms with E-state index in [9.17, 15) is 19.2 Å². The highest BCUT2D eigenvalue weighted by molar-refractivity contribution is 5.83. The van der Waals surface area contributed by atoms with Gasteiger partial charge in [-0.2, -0.15) is 0 Å². The fourth-order valence-corrected chi connectivity index (χ4v) is 0.867. The minimum atomic E-state index is -1.36. The zero-order valence-electron chi connectivity index (χ0n) is 11.3. The first-order chi connectivity index (χ1) is 8.74. The normalized spacial score (nSPS) is 10.3. The van der Waals surface area contributed by atoms with Gasteiger partial charge in [0, 0.05) is 13.8 Å². The maximum absolute atomic E-state index is 10.8. The van der Waals surface area contributed by atoms with Crippen molar-refractivity contribution in [2.75, 3.05) is 13.7 Å². The number of hydrogen-bond donors (Lipinski definition) is 1. The van der Waals surface area contributed by atoms with Crippen LogP contribution in [0.4, 0.5) is 0 Å². The van der Waals surface area contributed by atoms with Crippen LogP contribution < -0.4 is 0 Å². The summed E-state index contributed by atoms with van der Waals surface area (Å²) in [4.78, 5) is 41.3. The lowest BCUT2D eigenvalue weighted by molar-refractivity contribution is -0.167. The van der Waals surface area contributed by atoms with E-state index in [4.69, 9.17) is 5.11 Å². The molecule has 8 heteroatoms. The van der Waals surface area contributed by atoms with E-state index >= 15 is 0 Å². The SMILES string of the molecule is CCOC(C)=O.COC(=O)C(CC(=O)O)OC(C)=O. The summed E-state index contributed by atoms with van der Waals surface area (Å²) in [6.45, 7) is 4.73. The third-order valence-electron chi connectivity index (χ3n) is 1.48. The largest absolute Gasteiger partial charge is 0.481 e. The molecule has 0 rings (SSSR count). The van der Waals surface area contributed by atoms with Crippen molar-refractivity contribution in [3.05, 3.63) is 0 Å². The fraction of sp³-hybridized carbons (Fsp3) is 0.636. The number of carbonyl (C=O) groups excluding carboxylic acids is 3. The molecule has 0 aromatic heterocycles. The Balaban J connectivity index is 0. The highest BCUT2D eigenvalue weighted by Crippen LogP contribution is 2.01. The summed E-state index contributed by atoms with van der Waals surface area (Å²) in [5, 5.41) is 8.34. The second-order valence-corrected chi connectivity index (χ2v) is 3.14. The number of hydrogen-bond acceptors (Lipinski definition) is 7. The lowest BCUT2D eigenvalue weighted by atomic mass is 10.2. The highest BCUT2D eigenvalue weighted by Gasteiger charge is 2.25. The van der Waals surface area contributed by atoms with Crippen molar-refractivity contribution in [3.8, 4) is 0 Å². The van der Waals surface area contributed by atoms with Crippen molar-refractivity contribution in [1.29, 1.82) is 0 Å². The summed E-state index contributed by atoms with van der Waals surface area (Å²) in [5.74, 6) is -3.05. The van der Waals surface area contributed by atoms with Crippen LogP contribution in [-0.4, -0.2) is 48.8 Å². The molecule has 0 heterocycles. The van der Waals surface area contributed by atoms with Gasteiger partial charge in [0.2, 0.25) is 6.10 Å². The summed E-state index contributed by atoms with van der Waals surface area (Å²) in [6, 6.07) is 0. The van der Waals surface area contributed by atoms with Gasteiger partial charge >= 0.3 is 23.9 Å². The molecule has 0 aromatic rings. The quantitative estimate of drug-likeness (QED) is 0.557. The first kappa shape index (κ1) is 19.2. The van der Waals surface area contributed by atoms with Crippen LogP contribution in [0.15, 0.2) is 0 Å². The van der Waals surface area contributed by atoms with Gasteiger partial charge in [0.05, 0.1) is 20.1 Å². The number of aliphatic carboxylic acids is 1. The number of rotatable bonds is 5. The summed E-state index contributed by atoms with van der Waals surface area (Å²) >= 11 is 0. The molecular weight excluding hydrogens is 260 g/mol. The van der Waals surface area contributed by atoms with E-state index in [1.807, 2.05) is 0 Å². The van der Waals surface area contributed by atoms with Crippen LogP contribution in [0.5, 0.6) is 0 Å². The van der Waals surface area contributed by atoms with Crippen LogP contribution in [0.3, 0.4) is 0 Å². The summed E-state index contributed by atoms with van der Waals surface area (Å²) < 4.78 is 13.1. The van der Waals surface area contributed by atoms with Crippen LogP contribution in [0, 0.1) is 0 Å². The van der Waals surface area contributed by atoms with E-state index in [0.29, 0.717) is 6.61 Å². The van der Waals surface area contributed by atoms with Gasteiger partial charge in [-0.25, -0.2) is 4.79 Å². The average molecular weight is 278 g/mol. The Hall–Kier alpha value is -2.12. The molecule has 0 radical (unpaired) electrons. The Morgan fingerprint density at radius 2 is 1.63 bits per heavy atom. The molecule has 0 spiro atoms. The molecule has 0 aliphatic carbocycles. The second kappa shape index (κ2) is 11.0. The Labute approximate surface area is 110 Å². The minimum absolute atomic E-state index is 0.211. The Bertz CT molecular complexity index is 307. The first-order valence-electron chi connectivity index (χ1n) is 5.34. The maximum Gasteiger partial charge on any atom is 0.347 e. The van der Waals surface area contributed by atoms with E-state index in [-0.39, 0.29) is 5.97 Å². The van der Waals surface area contributed by atoms with Gasteiger partial charge in [-0.05, 0) is 6.92 Å². The number of esters is 3. The predicted octanol–water partition coefficient (Wildman–Crippen LogP) is 0.135. The smallest absolute Gasteiger partial charge is 0.347 e. The molecule has 19 heavy (non-hydrogen) atoms. The molecule has 0 aromatic carbocycles. The molecule has 110 valence electrons. The van der Waals surface area contributed by atoms with Crippen LogP contribution in [0.2, 0.25) is 0 Å². The van der Waals surface area contributed by atoms with Crippen molar-refractivity contribution in [2.24, 2.45) is 0 Å². The van der Waals surface area contributed by atoms with E-state index < -0.39 is 30.4 Å². The van der Waals surface area contributed by atoms with Gasteiger partial charge in [-0.15, -0.1) is 0 Å². The van der Waals surface area contributed by atoms with Gasteiger partial charge in [-0.1, -0.05) is 0 Å². The van der Waals surface area contributed by atoms with E-state index in [1.54, 1.807) is 6.92 Å². The Morgan fingerprint density at radius 1 is 1.11 bits per heavy atom. The average Bonchev–Trinajstić information content (AvgIpc) is 2.26. The molecule has 0 saturated carbocycles. The predicted molar refractivity (Wildman–Crippen MR) is 62.1 cm³/mol. The van der Waals surface area contributed by atoms with Crippen LogP contribution in [0.1, 0.15) is 27.2 Å². The van der Waals surface area contributed by atoms with Crippen LogP contribution in [-0.2, 0) is 33.4 Å². The Kier molecular flexibility index (Phi) is 11.1. The number of methoxy groups -OCH3 is 1. The number of ether oxygens (including phenoxy) is 3. The Morgan fingerprint density at radius 3 is 1.84 bits per heavy atom. The summed E-state index contributed by atoms with van der Waals surface area (Å²) in [6.07, 6.45) is -1.95. The number of carboxylic acids is 1. The molecular formula is C11H18O8. The standard InChI is InChI=1S/C7H10O6.C4H8O2/c1-4(8)13-5(3-6(9)10)7(11)12-2;1-3-6-4(2)5/h5H,3H2,1-2H3,(H,9,10);3H2,1-2H3. The van der Waals surface area contributed by atoms with Gasteiger partial charge in [0.15, 0.2) is 0 Å². The van der Waals surface area contributed by atoms with Crippen molar-refractivity contribution in [2.45, 2.75) is 33.3 Å². The molecule has 0 aliphatic rings. The first-order valence-corrected chi connectivity index (χ1v) is 5.34. The molecule has 1 unspecified atom stereocenters. The molecule has 0 aliphatic heterocycles. The van der Waals surface area contributed by atoms with Gasteiger partial charge in [-0.3, -0.25) is 14.4 Å².